The first kappa shape index (κ1) is 27.3. The molecule has 2 aromatic carbocycles. The number of nitrogens with zero attached hydrogens (tertiary/aromatic N) is 3. The zero-order chi connectivity index (χ0) is 23.3. The van der Waals surface area contributed by atoms with Gasteiger partial charge in [-0.1, -0.05) is 30.3 Å². The first-order valence-electron chi connectivity index (χ1n) is 11.8. The van der Waals surface area contributed by atoms with Crippen molar-refractivity contribution in [2.75, 3.05) is 19.6 Å². The van der Waals surface area contributed by atoms with E-state index in [0.29, 0.717) is 19.6 Å². The number of halogens is 2. The number of imidazole rings is 1. The smallest absolute Gasteiger partial charge is 0.317 e. The summed E-state index contributed by atoms with van der Waals surface area (Å²) < 4.78 is 6.22. The number of aromatic nitrogens is 3. The molecule has 2 amide bonds. The first-order chi connectivity index (χ1) is 16.7. The Labute approximate surface area is 223 Å². The molecule has 1 fully saturated rings. The van der Waals surface area contributed by atoms with Gasteiger partial charge >= 0.3 is 6.03 Å². The Morgan fingerprint density at radius 3 is 2.61 bits per heavy atom. The number of urea groups is 1. The summed E-state index contributed by atoms with van der Waals surface area (Å²) in [6.07, 6.45) is 7.78. The fourth-order valence-corrected chi connectivity index (χ4v) is 4.52. The number of likely N-dealkylation sites (tertiary alicyclic amines) is 1. The van der Waals surface area contributed by atoms with E-state index in [4.69, 9.17) is 4.74 Å². The number of ether oxygens (including phenoxy) is 1. The van der Waals surface area contributed by atoms with Gasteiger partial charge in [0.1, 0.15) is 11.9 Å². The number of fused-ring (bicyclic) bond motifs is 1. The van der Waals surface area contributed by atoms with Crippen molar-refractivity contribution in [2.45, 2.75) is 32.3 Å². The van der Waals surface area contributed by atoms with Gasteiger partial charge in [0, 0.05) is 62.4 Å². The molecule has 5 rings (SSSR count). The lowest BCUT2D eigenvalue weighted by atomic mass is 9.98. The largest absolute Gasteiger partial charge is 0.490 e. The maximum Gasteiger partial charge on any atom is 0.317 e. The van der Waals surface area contributed by atoms with Gasteiger partial charge in [-0.05, 0) is 41.8 Å². The summed E-state index contributed by atoms with van der Waals surface area (Å²) in [4.78, 5) is 25.9. The summed E-state index contributed by atoms with van der Waals surface area (Å²) in [6.45, 7) is 4.11. The van der Waals surface area contributed by atoms with Crippen LogP contribution in [-0.4, -0.2) is 51.6 Å². The van der Waals surface area contributed by atoms with Crippen molar-refractivity contribution in [1.82, 2.24) is 25.2 Å². The van der Waals surface area contributed by atoms with Crippen LogP contribution in [0.25, 0.3) is 22.0 Å². The zero-order valence-electron chi connectivity index (χ0n) is 20.1. The number of piperidine rings is 1. The molecule has 9 heteroatoms. The minimum Gasteiger partial charge on any atom is -0.490 e. The van der Waals surface area contributed by atoms with Gasteiger partial charge in [0.15, 0.2) is 0 Å². The minimum absolute atomic E-state index is 0. The molecular weight excluding hydrogens is 497 g/mol. The summed E-state index contributed by atoms with van der Waals surface area (Å²) in [5, 5.41) is 4.14. The molecule has 1 saturated heterocycles. The van der Waals surface area contributed by atoms with Crippen molar-refractivity contribution in [3.05, 3.63) is 78.5 Å². The van der Waals surface area contributed by atoms with Crippen LogP contribution in [0.2, 0.25) is 0 Å². The number of amides is 2. The molecule has 0 atom stereocenters. The highest BCUT2D eigenvalue weighted by Crippen LogP contribution is 2.30. The van der Waals surface area contributed by atoms with Gasteiger partial charge in [-0.25, -0.2) is 9.78 Å². The third-order valence-electron chi connectivity index (χ3n) is 6.45. The van der Waals surface area contributed by atoms with Crippen molar-refractivity contribution in [3.8, 4) is 16.9 Å². The van der Waals surface area contributed by atoms with E-state index in [1.165, 1.54) is 11.1 Å². The van der Waals surface area contributed by atoms with Gasteiger partial charge in [0.05, 0.1) is 11.8 Å². The molecule has 0 bridgehead atoms. The van der Waals surface area contributed by atoms with E-state index in [2.05, 4.69) is 57.5 Å². The van der Waals surface area contributed by atoms with Crippen LogP contribution in [0, 0.1) is 6.92 Å². The van der Waals surface area contributed by atoms with Crippen LogP contribution in [0.5, 0.6) is 5.75 Å². The Morgan fingerprint density at radius 2 is 1.89 bits per heavy atom. The van der Waals surface area contributed by atoms with Gasteiger partial charge < -0.3 is 19.9 Å². The van der Waals surface area contributed by atoms with Gasteiger partial charge in [-0.15, -0.1) is 24.8 Å². The summed E-state index contributed by atoms with van der Waals surface area (Å²) in [5.41, 5.74) is 5.58. The number of pyridine rings is 1. The van der Waals surface area contributed by atoms with E-state index in [1.807, 2.05) is 29.3 Å². The lowest BCUT2D eigenvalue weighted by molar-refractivity contribution is 0.111. The third-order valence-corrected chi connectivity index (χ3v) is 6.45. The number of H-pyrrole nitrogens is 1. The van der Waals surface area contributed by atoms with Crippen LogP contribution < -0.4 is 10.1 Å². The number of carbonyl (C=O) groups is 1. The van der Waals surface area contributed by atoms with Crippen LogP contribution in [0.1, 0.15) is 24.1 Å². The number of benzene rings is 2. The Hall–Kier alpha value is -3.29. The fraction of sp³-hybridized carbons (Fsp3) is 0.296. The average Bonchev–Trinajstić information content (AvgIpc) is 3.39. The summed E-state index contributed by atoms with van der Waals surface area (Å²) in [7, 11) is 0. The van der Waals surface area contributed by atoms with Crippen molar-refractivity contribution in [2.24, 2.45) is 0 Å². The zero-order valence-corrected chi connectivity index (χ0v) is 21.8. The number of hydrogen-bond acceptors (Lipinski definition) is 4. The highest BCUT2D eigenvalue weighted by molar-refractivity contribution is 5.88. The van der Waals surface area contributed by atoms with Crippen molar-refractivity contribution in [3.63, 3.8) is 0 Å². The van der Waals surface area contributed by atoms with Crippen LogP contribution in [0.15, 0.2) is 67.3 Å². The molecule has 4 aromatic rings. The third kappa shape index (κ3) is 6.28. The van der Waals surface area contributed by atoms with E-state index >= 15 is 0 Å². The molecule has 190 valence electrons. The van der Waals surface area contributed by atoms with E-state index in [-0.39, 0.29) is 36.9 Å². The molecule has 0 unspecified atom stereocenters. The number of aromatic amines is 1. The van der Waals surface area contributed by atoms with Gasteiger partial charge in [0.25, 0.3) is 0 Å². The molecule has 7 nitrogen and oxygen atoms in total. The van der Waals surface area contributed by atoms with Gasteiger partial charge in [0.2, 0.25) is 0 Å². The number of hydrogen-bond donors (Lipinski definition) is 2. The number of carbonyl (C=O) groups excluding carboxylic acids is 1. The summed E-state index contributed by atoms with van der Waals surface area (Å²) in [6, 6.07) is 16.6. The highest BCUT2D eigenvalue weighted by atomic mass is 35.5. The Morgan fingerprint density at radius 1 is 1.11 bits per heavy atom. The van der Waals surface area contributed by atoms with Crippen LogP contribution in [0.3, 0.4) is 0 Å². The predicted molar refractivity (Wildman–Crippen MR) is 147 cm³/mol. The van der Waals surface area contributed by atoms with Crippen molar-refractivity contribution in [1.29, 1.82) is 0 Å². The first-order valence-corrected chi connectivity index (χ1v) is 11.8. The molecule has 36 heavy (non-hydrogen) atoms. The standard InChI is InChI=1S/C27H29N5O2.2ClH/c1-19-25(9-6-21-3-2-13-29-26(19)21)20-4-7-23(8-5-20)34-24-11-15-32(16-12-24)27(33)30-14-10-22-17-28-18-31-22;;/h2-9,13,17-18,24H,10-12,14-16H2,1H3,(H,28,31)(H,30,33);2*1H. The normalized spacial score (nSPS) is 13.5. The molecule has 0 spiro atoms. The minimum atomic E-state index is -0.0115. The quantitative estimate of drug-likeness (QED) is 0.343. The maximum absolute atomic E-state index is 12.4. The van der Waals surface area contributed by atoms with Crippen LogP contribution >= 0.6 is 24.8 Å². The van der Waals surface area contributed by atoms with E-state index in [9.17, 15) is 4.79 Å². The summed E-state index contributed by atoms with van der Waals surface area (Å²) >= 11 is 0. The molecule has 2 N–H and O–H groups in total. The lowest BCUT2D eigenvalue weighted by Crippen LogP contribution is -2.46. The number of rotatable bonds is 6. The lowest BCUT2D eigenvalue weighted by Gasteiger charge is -2.32. The Kier molecular flexibility index (Phi) is 9.56. The van der Waals surface area contributed by atoms with E-state index in [0.717, 1.165) is 47.2 Å². The van der Waals surface area contributed by atoms with Gasteiger partial charge in [-0.3, -0.25) is 4.98 Å². The Balaban J connectivity index is 0.00000180. The predicted octanol–water partition coefficient (Wildman–Crippen LogP) is 5.57. The SMILES string of the molecule is Cc1c(-c2ccc(OC3CCN(C(=O)NCCc4cnc[nH]4)CC3)cc2)ccc2cccnc12.Cl.Cl. The monoisotopic (exact) mass is 527 g/mol. The van der Waals surface area contributed by atoms with E-state index in [1.54, 1.807) is 12.5 Å². The molecule has 0 saturated carbocycles. The molecular formula is C27H31Cl2N5O2. The van der Waals surface area contributed by atoms with E-state index < -0.39 is 0 Å². The second kappa shape index (κ2) is 12.6. The maximum atomic E-state index is 12.4. The number of aryl methyl sites for hydroxylation is 1. The number of nitrogens with one attached hydrogen (secondary N) is 2. The topological polar surface area (TPSA) is 83.1 Å². The van der Waals surface area contributed by atoms with Crippen molar-refractivity contribution < 1.29 is 9.53 Å². The molecule has 1 aliphatic rings. The van der Waals surface area contributed by atoms with Gasteiger partial charge in [-0.2, -0.15) is 0 Å². The highest BCUT2D eigenvalue weighted by Gasteiger charge is 2.23. The summed E-state index contributed by atoms with van der Waals surface area (Å²) in [5.74, 6) is 0.864. The second-order valence-corrected chi connectivity index (χ2v) is 8.70. The van der Waals surface area contributed by atoms with Crippen molar-refractivity contribution >= 4 is 41.7 Å². The fourth-order valence-electron chi connectivity index (χ4n) is 4.52. The van der Waals surface area contributed by atoms with Crippen LogP contribution in [-0.2, 0) is 6.42 Å². The molecule has 0 radical (unpaired) electrons. The Bertz CT molecular complexity index is 1260. The molecule has 3 heterocycles. The molecule has 1 aliphatic heterocycles. The molecule has 0 aliphatic carbocycles. The molecule has 2 aromatic heterocycles. The second-order valence-electron chi connectivity index (χ2n) is 8.70. The van der Waals surface area contributed by atoms with Crippen LogP contribution in [0.4, 0.5) is 4.79 Å². The average molecular weight is 528 g/mol.